The molecule has 5 aromatic rings. The Morgan fingerprint density at radius 2 is 1.87 bits per heavy atom. The zero-order valence-electron chi connectivity index (χ0n) is 16.5. The summed E-state index contributed by atoms with van der Waals surface area (Å²) in [5.74, 6) is -0.781. The van der Waals surface area contributed by atoms with Crippen molar-refractivity contribution in [1.29, 1.82) is 0 Å². The Balaban J connectivity index is 1.72. The molecule has 0 saturated heterocycles. The van der Waals surface area contributed by atoms with Crippen LogP contribution in [0.4, 0.5) is 14.6 Å². The minimum Gasteiger partial charge on any atom is -0.362 e. The molecule has 0 aliphatic heterocycles. The molecule has 0 saturated carbocycles. The summed E-state index contributed by atoms with van der Waals surface area (Å²) in [6.45, 7) is 1.91. The monoisotopic (exact) mass is 439 g/mol. The Kier molecular flexibility index (Phi) is 4.55. The van der Waals surface area contributed by atoms with Crippen molar-refractivity contribution >= 4 is 39.5 Å². The summed E-state index contributed by atoms with van der Waals surface area (Å²) in [6, 6.07) is 4.89. The highest BCUT2D eigenvalue weighted by Gasteiger charge is 2.22. The highest BCUT2D eigenvalue weighted by atomic mass is 35.5. The van der Waals surface area contributed by atoms with Gasteiger partial charge >= 0.3 is 0 Å². The number of anilines is 1. The summed E-state index contributed by atoms with van der Waals surface area (Å²) in [5.41, 5.74) is 3.61. The summed E-state index contributed by atoms with van der Waals surface area (Å²) in [7, 11) is 1.76. The quantitative estimate of drug-likeness (QED) is 0.411. The molecular formula is C21H16ClF2N7. The molecule has 156 valence electrons. The van der Waals surface area contributed by atoms with E-state index in [0.717, 1.165) is 11.6 Å². The lowest BCUT2D eigenvalue weighted by molar-refractivity contribution is 0.584. The van der Waals surface area contributed by atoms with Gasteiger partial charge in [-0.3, -0.25) is 4.68 Å². The summed E-state index contributed by atoms with van der Waals surface area (Å²) >= 11 is 6.55. The van der Waals surface area contributed by atoms with Crippen LogP contribution >= 0.6 is 11.6 Å². The molecular weight excluding hydrogens is 424 g/mol. The molecule has 31 heavy (non-hydrogen) atoms. The molecule has 1 unspecified atom stereocenters. The van der Waals surface area contributed by atoms with Crippen molar-refractivity contribution in [2.75, 3.05) is 5.32 Å². The third-order valence-corrected chi connectivity index (χ3v) is 5.51. The standard InChI is InChI=1S/C21H16ClF2N7/c1-10(30-21-18-20(26-8-25-18)27-9-28-21)14-6-16(22)15-7-29-31(2)19(15)17(14)11-3-12(23)5-13(24)4-11/h3-10H,1-2H3,(H2,25,26,27,28,30). The number of nitrogens with one attached hydrogen (secondary N) is 2. The number of hydrogen-bond acceptors (Lipinski definition) is 5. The first-order valence-electron chi connectivity index (χ1n) is 9.43. The van der Waals surface area contributed by atoms with Gasteiger partial charge in [0.1, 0.15) is 23.5 Å². The minimum absolute atomic E-state index is 0.334. The van der Waals surface area contributed by atoms with E-state index in [9.17, 15) is 8.78 Å². The van der Waals surface area contributed by atoms with Gasteiger partial charge in [-0.25, -0.2) is 23.7 Å². The molecule has 7 nitrogen and oxygen atoms in total. The van der Waals surface area contributed by atoms with Gasteiger partial charge in [-0.05, 0) is 36.2 Å². The lowest BCUT2D eigenvalue weighted by atomic mass is 9.93. The van der Waals surface area contributed by atoms with Crippen LogP contribution in [0.5, 0.6) is 0 Å². The summed E-state index contributed by atoms with van der Waals surface area (Å²) in [5, 5.41) is 8.81. The third-order valence-electron chi connectivity index (χ3n) is 5.20. The molecule has 2 aromatic carbocycles. The lowest BCUT2D eigenvalue weighted by Crippen LogP contribution is -2.11. The van der Waals surface area contributed by atoms with E-state index in [2.05, 4.69) is 30.4 Å². The topological polar surface area (TPSA) is 84.3 Å². The number of aryl methyl sites for hydroxylation is 1. The van der Waals surface area contributed by atoms with Gasteiger partial charge in [0.05, 0.1) is 29.1 Å². The second kappa shape index (κ2) is 7.28. The van der Waals surface area contributed by atoms with Crippen LogP contribution in [0.1, 0.15) is 18.5 Å². The predicted molar refractivity (Wildman–Crippen MR) is 115 cm³/mol. The predicted octanol–water partition coefficient (Wildman–Crippen LogP) is 5.01. The maximum absolute atomic E-state index is 14.1. The van der Waals surface area contributed by atoms with Crippen LogP contribution in [0.25, 0.3) is 33.2 Å². The van der Waals surface area contributed by atoms with Crippen LogP contribution in [0, 0.1) is 11.6 Å². The number of imidazole rings is 1. The second-order valence-electron chi connectivity index (χ2n) is 7.20. The van der Waals surface area contributed by atoms with Crippen molar-refractivity contribution in [2.24, 2.45) is 7.05 Å². The Bertz CT molecular complexity index is 1420. The Labute approximate surface area is 180 Å². The normalized spacial score (nSPS) is 12.5. The number of hydrogen-bond donors (Lipinski definition) is 2. The summed E-state index contributed by atoms with van der Waals surface area (Å²) < 4.78 is 29.9. The van der Waals surface area contributed by atoms with E-state index in [4.69, 9.17) is 11.6 Å². The van der Waals surface area contributed by atoms with Gasteiger partial charge < -0.3 is 10.3 Å². The zero-order chi connectivity index (χ0) is 21.7. The van der Waals surface area contributed by atoms with Crippen LogP contribution < -0.4 is 5.32 Å². The fourth-order valence-corrected chi connectivity index (χ4v) is 4.09. The van der Waals surface area contributed by atoms with Crippen molar-refractivity contribution in [3.05, 3.63) is 65.3 Å². The smallest absolute Gasteiger partial charge is 0.182 e. The molecule has 2 N–H and O–H groups in total. The van der Waals surface area contributed by atoms with Crippen molar-refractivity contribution in [3.63, 3.8) is 0 Å². The van der Waals surface area contributed by atoms with E-state index >= 15 is 0 Å². The Morgan fingerprint density at radius 3 is 2.65 bits per heavy atom. The fraction of sp³-hybridized carbons (Fsp3) is 0.143. The molecule has 0 amide bonds. The number of rotatable bonds is 4. The first-order valence-corrected chi connectivity index (χ1v) is 9.81. The average Bonchev–Trinajstić information content (AvgIpc) is 3.35. The van der Waals surface area contributed by atoms with Crippen molar-refractivity contribution < 1.29 is 8.78 Å². The largest absolute Gasteiger partial charge is 0.362 e. The molecule has 0 aliphatic carbocycles. The van der Waals surface area contributed by atoms with E-state index in [0.29, 0.717) is 44.0 Å². The molecule has 1 atom stereocenters. The summed E-state index contributed by atoms with van der Waals surface area (Å²) in [6.07, 6.45) is 4.59. The number of halogens is 3. The van der Waals surface area contributed by atoms with Crippen LogP contribution in [0.2, 0.25) is 5.02 Å². The van der Waals surface area contributed by atoms with Gasteiger partial charge in [-0.15, -0.1) is 0 Å². The highest BCUT2D eigenvalue weighted by molar-refractivity contribution is 6.36. The maximum atomic E-state index is 14.1. The van der Waals surface area contributed by atoms with E-state index < -0.39 is 11.6 Å². The van der Waals surface area contributed by atoms with Gasteiger partial charge in [0, 0.05) is 24.1 Å². The van der Waals surface area contributed by atoms with Crippen molar-refractivity contribution in [2.45, 2.75) is 13.0 Å². The van der Waals surface area contributed by atoms with Gasteiger partial charge in [-0.2, -0.15) is 5.10 Å². The number of nitrogens with zero attached hydrogens (tertiary/aromatic N) is 5. The number of H-pyrrole nitrogens is 1. The molecule has 3 heterocycles. The second-order valence-corrected chi connectivity index (χ2v) is 7.61. The van der Waals surface area contributed by atoms with E-state index in [1.807, 2.05) is 6.92 Å². The van der Waals surface area contributed by atoms with E-state index in [-0.39, 0.29) is 6.04 Å². The maximum Gasteiger partial charge on any atom is 0.182 e. The molecule has 5 rings (SSSR count). The van der Waals surface area contributed by atoms with Gasteiger partial charge in [0.25, 0.3) is 0 Å². The fourth-order valence-electron chi connectivity index (χ4n) is 3.83. The summed E-state index contributed by atoms with van der Waals surface area (Å²) in [4.78, 5) is 15.6. The van der Waals surface area contributed by atoms with E-state index in [1.54, 1.807) is 24.0 Å². The number of aromatic amines is 1. The van der Waals surface area contributed by atoms with Gasteiger partial charge in [0.15, 0.2) is 11.5 Å². The molecule has 3 aromatic heterocycles. The van der Waals surface area contributed by atoms with Gasteiger partial charge in [-0.1, -0.05) is 11.6 Å². The number of fused-ring (bicyclic) bond motifs is 2. The Morgan fingerprint density at radius 1 is 1.10 bits per heavy atom. The van der Waals surface area contributed by atoms with Crippen molar-refractivity contribution in [3.8, 4) is 11.1 Å². The van der Waals surface area contributed by atoms with Crippen LogP contribution in [0.3, 0.4) is 0 Å². The van der Waals surface area contributed by atoms with Crippen LogP contribution in [-0.2, 0) is 7.05 Å². The molecule has 0 radical (unpaired) electrons. The zero-order valence-corrected chi connectivity index (χ0v) is 17.2. The third kappa shape index (κ3) is 3.27. The van der Waals surface area contributed by atoms with Crippen LogP contribution in [0.15, 0.2) is 43.1 Å². The molecule has 0 bridgehead atoms. The first kappa shape index (κ1) is 19.4. The Hall–Kier alpha value is -3.59. The SMILES string of the molecule is CC(Nc1ncnc2nc[nH]c12)c1cc(Cl)c2cnn(C)c2c1-c1cc(F)cc(F)c1. The van der Waals surface area contributed by atoms with Crippen LogP contribution in [-0.4, -0.2) is 29.7 Å². The lowest BCUT2D eigenvalue weighted by Gasteiger charge is -2.21. The molecule has 10 heteroatoms. The molecule has 0 spiro atoms. The van der Waals surface area contributed by atoms with E-state index in [1.165, 1.54) is 24.8 Å². The minimum atomic E-state index is -0.665. The molecule has 0 aliphatic rings. The average molecular weight is 440 g/mol. The number of aromatic nitrogens is 6. The highest BCUT2D eigenvalue weighted by Crippen LogP contribution is 2.40. The first-order chi connectivity index (χ1) is 14.9. The van der Waals surface area contributed by atoms with Gasteiger partial charge in [0.2, 0.25) is 0 Å². The molecule has 0 fully saturated rings. The van der Waals surface area contributed by atoms with Crippen molar-refractivity contribution in [1.82, 2.24) is 29.7 Å². The number of benzene rings is 2.